The van der Waals surface area contributed by atoms with E-state index in [0.29, 0.717) is 0 Å². The fourth-order valence-corrected chi connectivity index (χ4v) is 0.948. The Morgan fingerprint density at radius 1 is 1.55 bits per heavy atom. The predicted molar refractivity (Wildman–Crippen MR) is 28.8 cm³/mol. The zero-order chi connectivity index (χ0) is 8.65. The lowest BCUT2D eigenvalue weighted by molar-refractivity contribution is -0.281. The Hall–Kier alpha value is -0.780. The van der Waals surface area contributed by atoms with Gasteiger partial charge in [0.15, 0.2) is 0 Å². The second-order valence-electron chi connectivity index (χ2n) is 2.30. The highest BCUT2D eigenvalue weighted by Gasteiger charge is 2.50. The number of nitrogens with zero attached hydrogens (tertiary/aromatic N) is 1. The zero-order valence-corrected chi connectivity index (χ0v) is 5.43. The Morgan fingerprint density at radius 3 is 2.18 bits per heavy atom. The van der Waals surface area contributed by atoms with Crippen molar-refractivity contribution in [2.24, 2.45) is 0 Å². The van der Waals surface area contributed by atoms with Crippen LogP contribution in [0.4, 0.5) is 13.2 Å². The van der Waals surface area contributed by atoms with Gasteiger partial charge in [0, 0.05) is 6.54 Å². The Kier molecular flexibility index (Phi) is 1.79. The van der Waals surface area contributed by atoms with Crippen LogP contribution in [-0.2, 0) is 4.79 Å². The summed E-state index contributed by atoms with van der Waals surface area (Å²) in [5, 5.41) is 8.23. The second-order valence-corrected chi connectivity index (χ2v) is 2.30. The molecule has 1 saturated heterocycles. The summed E-state index contributed by atoms with van der Waals surface area (Å²) in [6, 6.07) is -1.37. The number of carbonyl (C=O) groups is 1. The number of alkyl halides is 3. The van der Waals surface area contributed by atoms with E-state index in [2.05, 4.69) is 0 Å². The van der Waals surface area contributed by atoms with Gasteiger partial charge in [-0.25, -0.2) is 4.90 Å². The van der Waals surface area contributed by atoms with E-state index in [-0.39, 0.29) is 17.9 Å². The summed E-state index contributed by atoms with van der Waals surface area (Å²) in [6.07, 6.45) is -4.42. The Bertz CT molecular complexity index is 179. The Labute approximate surface area is 60.4 Å². The van der Waals surface area contributed by atoms with Gasteiger partial charge in [-0.2, -0.15) is 13.2 Å². The third kappa shape index (κ3) is 1.45. The van der Waals surface area contributed by atoms with Crippen molar-refractivity contribution >= 4 is 5.97 Å². The van der Waals surface area contributed by atoms with Crippen LogP contribution in [-0.4, -0.2) is 34.9 Å². The minimum atomic E-state index is -4.50. The van der Waals surface area contributed by atoms with Crippen LogP contribution in [0, 0.1) is 0 Å². The highest BCUT2D eigenvalue weighted by Crippen LogP contribution is 2.31. The number of halogens is 3. The Morgan fingerprint density at radius 2 is 2.09 bits per heavy atom. The smallest absolute Gasteiger partial charge is 0.460 e. The van der Waals surface area contributed by atoms with Gasteiger partial charge in [0.25, 0.3) is 0 Å². The van der Waals surface area contributed by atoms with Crippen molar-refractivity contribution in [2.75, 3.05) is 6.54 Å². The molecule has 1 fully saturated rings. The van der Waals surface area contributed by atoms with Gasteiger partial charge < -0.3 is 5.11 Å². The number of rotatable bonds is 1. The molecule has 64 valence electrons. The van der Waals surface area contributed by atoms with Crippen molar-refractivity contribution in [1.29, 1.82) is 0 Å². The molecule has 1 rings (SSSR count). The number of hydrogen-bond donors (Lipinski definition) is 1. The normalized spacial score (nSPS) is 26.3. The summed E-state index contributed by atoms with van der Waals surface area (Å²) in [6.45, 7) is -0.208. The van der Waals surface area contributed by atoms with Crippen LogP contribution in [0.5, 0.6) is 0 Å². The van der Waals surface area contributed by atoms with Crippen LogP contribution < -0.4 is 0 Å². The maximum Gasteiger partial charge on any atom is 0.460 e. The SMILES string of the molecule is O=C(O)C1CCN1C(F)(F)F. The molecule has 1 heterocycles. The monoisotopic (exact) mass is 169 g/mol. The van der Waals surface area contributed by atoms with Gasteiger partial charge in [-0.15, -0.1) is 0 Å². The number of carboxylic acids is 1. The molecule has 0 bridgehead atoms. The first kappa shape index (κ1) is 8.32. The fourth-order valence-electron chi connectivity index (χ4n) is 0.948. The molecular weight excluding hydrogens is 163 g/mol. The van der Waals surface area contributed by atoms with Crippen molar-refractivity contribution in [3.8, 4) is 0 Å². The molecule has 0 radical (unpaired) electrons. The van der Waals surface area contributed by atoms with E-state index in [4.69, 9.17) is 5.11 Å². The van der Waals surface area contributed by atoms with Gasteiger partial charge in [0.1, 0.15) is 6.04 Å². The summed E-state index contributed by atoms with van der Waals surface area (Å²) in [7, 11) is 0. The molecule has 11 heavy (non-hydrogen) atoms. The molecule has 6 heteroatoms. The molecule has 0 spiro atoms. The molecule has 1 aliphatic rings. The average Bonchev–Trinajstić information content (AvgIpc) is 1.51. The summed E-state index contributed by atoms with van der Waals surface area (Å²) < 4.78 is 35.3. The van der Waals surface area contributed by atoms with E-state index >= 15 is 0 Å². The van der Waals surface area contributed by atoms with E-state index < -0.39 is 18.3 Å². The predicted octanol–water partition coefficient (Wildman–Crippen LogP) is 0.665. The third-order valence-electron chi connectivity index (χ3n) is 1.63. The summed E-state index contributed by atoms with van der Waals surface area (Å²) in [5.41, 5.74) is 0. The van der Waals surface area contributed by atoms with Crippen LogP contribution in [0.2, 0.25) is 0 Å². The number of likely N-dealkylation sites (tertiary alicyclic amines) is 1. The third-order valence-corrected chi connectivity index (χ3v) is 1.63. The van der Waals surface area contributed by atoms with Gasteiger partial charge in [0.05, 0.1) is 0 Å². The molecule has 3 nitrogen and oxygen atoms in total. The van der Waals surface area contributed by atoms with Crippen LogP contribution >= 0.6 is 0 Å². The maximum atomic E-state index is 11.8. The molecule has 0 aromatic heterocycles. The minimum Gasteiger partial charge on any atom is -0.480 e. The number of carboxylic acid groups (broad SMARTS) is 1. The lowest BCUT2D eigenvalue weighted by Crippen LogP contribution is -2.58. The quantitative estimate of drug-likeness (QED) is 0.586. The maximum absolute atomic E-state index is 11.8. The molecule has 1 atom stereocenters. The van der Waals surface area contributed by atoms with Crippen molar-refractivity contribution in [1.82, 2.24) is 4.90 Å². The van der Waals surface area contributed by atoms with Gasteiger partial charge in [0.2, 0.25) is 0 Å². The Balaban J connectivity index is 2.57. The highest BCUT2D eigenvalue weighted by molar-refractivity contribution is 5.74. The molecule has 1 unspecified atom stereocenters. The highest BCUT2D eigenvalue weighted by atomic mass is 19.4. The van der Waals surface area contributed by atoms with Crippen LogP contribution in [0.1, 0.15) is 6.42 Å². The van der Waals surface area contributed by atoms with Gasteiger partial charge in [-0.3, -0.25) is 4.79 Å². The van der Waals surface area contributed by atoms with Crippen LogP contribution in [0.3, 0.4) is 0 Å². The van der Waals surface area contributed by atoms with Crippen LogP contribution in [0.25, 0.3) is 0 Å². The molecule has 1 aliphatic heterocycles. The lowest BCUT2D eigenvalue weighted by atomic mass is 10.1. The molecule has 1 N–H and O–H groups in total. The molecule has 0 aromatic rings. The van der Waals surface area contributed by atoms with E-state index in [1.807, 2.05) is 0 Å². The van der Waals surface area contributed by atoms with E-state index in [1.165, 1.54) is 0 Å². The summed E-state index contributed by atoms with van der Waals surface area (Å²) >= 11 is 0. The summed E-state index contributed by atoms with van der Waals surface area (Å²) in [4.78, 5) is 10.1. The van der Waals surface area contributed by atoms with Crippen molar-refractivity contribution in [3.05, 3.63) is 0 Å². The van der Waals surface area contributed by atoms with E-state index in [1.54, 1.807) is 0 Å². The lowest BCUT2D eigenvalue weighted by Gasteiger charge is -2.38. The molecule has 0 aliphatic carbocycles. The van der Waals surface area contributed by atoms with E-state index in [0.717, 1.165) is 0 Å². The second kappa shape index (κ2) is 2.37. The first-order chi connectivity index (χ1) is 4.93. The molecule has 0 saturated carbocycles. The minimum absolute atomic E-state index is 0.00926. The van der Waals surface area contributed by atoms with Crippen molar-refractivity contribution in [2.45, 2.75) is 18.8 Å². The van der Waals surface area contributed by atoms with Crippen molar-refractivity contribution in [3.63, 3.8) is 0 Å². The van der Waals surface area contributed by atoms with E-state index in [9.17, 15) is 18.0 Å². The zero-order valence-electron chi connectivity index (χ0n) is 5.43. The topological polar surface area (TPSA) is 40.5 Å². The largest absolute Gasteiger partial charge is 0.480 e. The first-order valence-corrected chi connectivity index (χ1v) is 2.99. The van der Waals surface area contributed by atoms with Gasteiger partial charge >= 0.3 is 12.3 Å². The van der Waals surface area contributed by atoms with Crippen molar-refractivity contribution < 1.29 is 23.1 Å². The summed E-state index contributed by atoms with van der Waals surface area (Å²) in [5.74, 6) is -1.41. The van der Waals surface area contributed by atoms with Gasteiger partial charge in [-0.1, -0.05) is 0 Å². The standard InChI is InChI=1S/C5H6F3NO2/c6-5(7,8)9-2-1-3(9)4(10)11/h3H,1-2H2,(H,10,11). The number of aliphatic carboxylic acids is 1. The molecule has 0 aromatic carbocycles. The van der Waals surface area contributed by atoms with Gasteiger partial charge in [-0.05, 0) is 6.42 Å². The average molecular weight is 169 g/mol. The van der Waals surface area contributed by atoms with Crippen LogP contribution in [0.15, 0.2) is 0 Å². The molecule has 0 amide bonds. The molecular formula is C5H6F3NO2. The number of hydrogen-bond acceptors (Lipinski definition) is 2. The first-order valence-electron chi connectivity index (χ1n) is 2.99. The fraction of sp³-hybridized carbons (Fsp3) is 0.800.